The van der Waals surface area contributed by atoms with Crippen LogP contribution in [0.3, 0.4) is 0 Å². The number of carbonyl (C=O) groups excluding carboxylic acids is 1. The maximum absolute atomic E-state index is 13.1. The normalized spacial score (nSPS) is 11.9. The van der Waals surface area contributed by atoms with Crippen LogP contribution in [0.4, 0.5) is 24.8 Å². The van der Waals surface area contributed by atoms with Gasteiger partial charge >= 0.3 is 6.18 Å². The van der Waals surface area contributed by atoms with E-state index in [-0.39, 0.29) is 34.1 Å². The number of carbonyl (C=O) groups is 1. The molecule has 2 N–H and O–H groups in total. The summed E-state index contributed by atoms with van der Waals surface area (Å²) in [5.74, 6) is -0.705. The van der Waals surface area contributed by atoms with E-state index in [1.165, 1.54) is 35.5 Å². The van der Waals surface area contributed by atoms with Crippen molar-refractivity contribution in [3.8, 4) is 11.1 Å². The Morgan fingerprint density at radius 2 is 1.81 bits per heavy atom. The Morgan fingerprint density at radius 1 is 1.14 bits per heavy atom. The average molecular weight is 555 g/mol. The first-order chi connectivity index (χ1) is 17.3. The monoisotopic (exact) mass is 554 g/mol. The van der Waals surface area contributed by atoms with Crippen molar-refractivity contribution in [2.24, 2.45) is 4.40 Å². The van der Waals surface area contributed by atoms with Crippen LogP contribution in [0, 0.1) is 0 Å². The molecular formula is C23H22ClF3N6O3S. The molecule has 0 aliphatic heterocycles. The minimum absolute atomic E-state index is 0.0392. The second kappa shape index (κ2) is 11.6. The van der Waals surface area contributed by atoms with Gasteiger partial charge in [-0.1, -0.05) is 35.9 Å². The van der Waals surface area contributed by atoms with E-state index in [4.69, 9.17) is 11.6 Å². The lowest BCUT2D eigenvalue weighted by Gasteiger charge is -2.13. The number of benzene rings is 2. The largest absolute Gasteiger partial charge is 0.405 e. The van der Waals surface area contributed by atoms with Gasteiger partial charge < -0.3 is 15.5 Å². The van der Waals surface area contributed by atoms with Crippen LogP contribution in [-0.2, 0) is 21.2 Å². The van der Waals surface area contributed by atoms with Gasteiger partial charge in [-0.25, -0.2) is 9.97 Å². The molecule has 0 spiro atoms. The molecule has 0 saturated heterocycles. The predicted octanol–water partition coefficient (Wildman–Crippen LogP) is 4.23. The summed E-state index contributed by atoms with van der Waals surface area (Å²) in [6.45, 7) is -1.33. The highest BCUT2D eigenvalue weighted by molar-refractivity contribution is 7.90. The average Bonchev–Trinajstić information content (AvgIpc) is 2.83. The molecule has 0 unspecified atom stereocenters. The summed E-state index contributed by atoms with van der Waals surface area (Å²) in [5, 5.41) is 5.10. The summed E-state index contributed by atoms with van der Waals surface area (Å²) < 4.78 is 67.0. The van der Waals surface area contributed by atoms with Gasteiger partial charge in [0.2, 0.25) is 11.9 Å². The maximum atomic E-state index is 13.1. The third kappa shape index (κ3) is 8.15. The van der Waals surface area contributed by atoms with E-state index in [0.717, 1.165) is 6.34 Å². The molecule has 0 atom stereocenters. The third-order valence-corrected chi connectivity index (χ3v) is 6.31. The second-order valence-corrected chi connectivity index (χ2v) is 9.96. The lowest BCUT2D eigenvalue weighted by molar-refractivity contribution is -0.116. The highest BCUT2D eigenvalue weighted by Gasteiger charge is 2.27. The Balaban J connectivity index is 1.93. The summed E-state index contributed by atoms with van der Waals surface area (Å²) in [5.41, 5.74) is 1.13. The van der Waals surface area contributed by atoms with Crippen LogP contribution in [0.25, 0.3) is 11.1 Å². The minimum atomic E-state index is -4.46. The predicted molar refractivity (Wildman–Crippen MR) is 135 cm³/mol. The van der Waals surface area contributed by atoms with Gasteiger partial charge in [0.1, 0.15) is 12.9 Å². The SMILES string of the molecule is CN(C)/C=N/S(=O)(=O)c1cc(NC(=O)Cc2ccccc2Cl)ccc1-c1cnc(NCC(F)(F)F)nc1. The Kier molecular flexibility index (Phi) is 8.71. The fraction of sp³-hybridized carbons (Fsp3) is 0.217. The maximum Gasteiger partial charge on any atom is 0.405 e. The van der Waals surface area contributed by atoms with Gasteiger partial charge in [-0.3, -0.25) is 4.79 Å². The molecule has 3 rings (SSSR count). The molecule has 1 heterocycles. The van der Waals surface area contributed by atoms with Crippen molar-refractivity contribution in [1.82, 2.24) is 14.9 Å². The number of nitrogens with zero attached hydrogens (tertiary/aromatic N) is 4. The van der Waals surface area contributed by atoms with Crippen LogP contribution in [0.5, 0.6) is 0 Å². The first kappa shape index (κ1) is 27.9. The van der Waals surface area contributed by atoms with E-state index in [0.29, 0.717) is 10.6 Å². The van der Waals surface area contributed by atoms with Crippen molar-refractivity contribution < 1.29 is 26.4 Å². The zero-order valence-electron chi connectivity index (χ0n) is 19.6. The van der Waals surface area contributed by atoms with Crippen molar-refractivity contribution >= 4 is 45.5 Å². The number of halogens is 4. The number of hydrogen-bond acceptors (Lipinski definition) is 6. The van der Waals surface area contributed by atoms with E-state index in [2.05, 4.69) is 19.7 Å². The third-order valence-electron chi connectivity index (χ3n) is 4.68. The number of alkyl halides is 3. The molecule has 1 amide bonds. The zero-order chi connectivity index (χ0) is 27.2. The molecular weight excluding hydrogens is 533 g/mol. The van der Waals surface area contributed by atoms with E-state index in [1.54, 1.807) is 38.4 Å². The van der Waals surface area contributed by atoms with Gasteiger partial charge in [-0.05, 0) is 23.8 Å². The molecule has 37 heavy (non-hydrogen) atoms. The minimum Gasteiger partial charge on any atom is -0.368 e. The number of sulfonamides is 1. The number of aromatic nitrogens is 2. The number of rotatable bonds is 9. The molecule has 9 nitrogen and oxygen atoms in total. The van der Waals surface area contributed by atoms with E-state index < -0.39 is 28.7 Å². The molecule has 0 radical (unpaired) electrons. The number of nitrogens with one attached hydrogen (secondary N) is 2. The van der Waals surface area contributed by atoms with E-state index >= 15 is 0 Å². The first-order valence-corrected chi connectivity index (χ1v) is 12.4. The Hall–Kier alpha value is -3.71. The summed E-state index contributed by atoms with van der Waals surface area (Å²) >= 11 is 6.11. The van der Waals surface area contributed by atoms with Crippen molar-refractivity contribution in [3.05, 3.63) is 65.4 Å². The van der Waals surface area contributed by atoms with E-state index in [1.807, 2.05) is 5.32 Å². The molecule has 3 aromatic rings. The lowest BCUT2D eigenvalue weighted by atomic mass is 10.1. The molecule has 196 valence electrons. The Labute approximate surface area is 216 Å². The molecule has 0 aliphatic carbocycles. The Bertz CT molecular complexity index is 1400. The molecule has 0 fully saturated rings. The van der Waals surface area contributed by atoms with Gasteiger partial charge in [-0.2, -0.15) is 21.6 Å². The van der Waals surface area contributed by atoms with Gasteiger partial charge in [-0.15, -0.1) is 4.40 Å². The smallest absolute Gasteiger partial charge is 0.368 e. The topological polar surface area (TPSA) is 117 Å². The van der Waals surface area contributed by atoms with Crippen LogP contribution in [0.15, 0.2) is 64.2 Å². The Morgan fingerprint density at radius 3 is 2.43 bits per heavy atom. The fourth-order valence-electron chi connectivity index (χ4n) is 3.02. The van der Waals surface area contributed by atoms with Crippen LogP contribution in [0.1, 0.15) is 5.56 Å². The van der Waals surface area contributed by atoms with Crippen LogP contribution in [0.2, 0.25) is 5.02 Å². The highest BCUT2D eigenvalue weighted by Crippen LogP contribution is 2.31. The standard InChI is InChI=1S/C23H22ClF3N6O3S/c1-33(2)14-31-37(35,36)20-10-17(32-21(34)9-15-5-3-4-6-19(15)24)7-8-18(20)16-11-28-22(29-12-16)30-13-23(25,26)27/h3-8,10-12,14H,9,13H2,1-2H3,(H,32,34)(H,28,29,30)/b31-14+. The zero-order valence-corrected chi connectivity index (χ0v) is 21.2. The summed E-state index contributed by atoms with van der Waals surface area (Å²) in [6.07, 6.45) is -1.03. The lowest BCUT2D eigenvalue weighted by Crippen LogP contribution is -2.22. The highest BCUT2D eigenvalue weighted by atomic mass is 35.5. The van der Waals surface area contributed by atoms with Gasteiger partial charge in [0.05, 0.1) is 11.3 Å². The number of amides is 1. The van der Waals surface area contributed by atoms with Gasteiger partial charge in [0.15, 0.2) is 0 Å². The van der Waals surface area contributed by atoms with Crippen molar-refractivity contribution in [1.29, 1.82) is 0 Å². The van der Waals surface area contributed by atoms with Gasteiger partial charge in [0, 0.05) is 48.3 Å². The van der Waals surface area contributed by atoms with Crippen molar-refractivity contribution in [2.45, 2.75) is 17.5 Å². The van der Waals surface area contributed by atoms with Gasteiger partial charge in [0.25, 0.3) is 10.0 Å². The molecule has 0 saturated carbocycles. The second-order valence-electron chi connectivity index (χ2n) is 7.95. The first-order valence-electron chi connectivity index (χ1n) is 10.6. The van der Waals surface area contributed by atoms with Crippen molar-refractivity contribution in [2.75, 3.05) is 31.3 Å². The fourth-order valence-corrected chi connectivity index (χ4v) is 4.39. The molecule has 0 bridgehead atoms. The quantitative estimate of drug-likeness (QED) is 0.300. The number of hydrogen-bond donors (Lipinski definition) is 2. The number of anilines is 2. The summed E-state index contributed by atoms with van der Waals surface area (Å²) in [7, 11) is -1.08. The molecule has 2 aromatic carbocycles. The summed E-state index contributed by atoms with van der Waals surface area (Å²) in [6, 6.07) is 11.0. The molecule has 14 heteroatoms. The summed E-state index contributed by atoms with van der Waals surface area (Å²) in [4.78, 5) is 21.4. The van der Waals surface area contributed by atoms with Crippen LogP contribution >= 0.6 is 11.6 Å². The van der Waals surface area contributed by atoms with Crippen molar-refractivity contribution in [3.63, 3.8) is 0 Å². The molecule has 1 aromatic heterocycles. The van der Waals surface area contributed by atoms with E-state index in [9.17, 15) is 26.4 Å². The van der Waals surface area contributed by atoms with Crippen LogP contribution in [-0.4, -0.2) is 62.3 Å². The molecule has 0 aliphatic rings. The van der Waals surface area contributed by atoms with Crippen LogP contribution < -0.4 is 10.6 Å².